The van der Waals surface area contributed by atoms with Crippen molar-refractivity contribution in [3.63, 3.8) is 0 Å². The lowest BCUT2D eigenvalue weighted by molar-refractivity contribution is 0.237. The van der Waals surface area contributed by atoms with Crippen LogP contribution in [0.4, 0.5) is 11.6 Å². The molecule has 0 atom stereocenters. The van der Waals surface area contributed by atoms with E-state index in [1.807, 2.05) is 55.7 Å². The lowest BCUT2D eigenvalue weighted by atomic mass is 9.88. The lowest BCUT2D eigenvalue weighted by Crippen LogP contribution is -2.25. The van der Waals surface area contributed by atoms with Gasteiger partial charge in [-0.25, -0.2) is 9.97 Å². The Morgan fingerprint density at radius 3 is 2.60 bits per heavy atom. The molecule has 3 aromatic rings. The summed E-state index contributed by atoms with van der Waals surface area (Å²) >= 11 is 0. The molecule has 0 spiro atoms. The number of methoxy groups -OCH3 is 2. The molecule has 40 heavy (non-hydrogen) atoms. The van der Waals surface area contributed by atoms with Crippen LogP contribution in [0.3, 0.4) is 0 Å². The molecule has 1 aromatic heterocycles. The molecule has 1 fully saturated rings. The van der Waals surface area contributed by atoms with Gasteiger partial charge in [0.15, 0.2) is 0 Å². The third kappa shape index (κ3) is 6.20. The molecule has 0 radical (unpaired) electrons. The second kappa shape index (κ2) is 12.8. The number of aryl methyl sites for hydroxylation is 1. The Morgan fingerprint density at radius 2 is 1.82 bits per heavy atom. The van der Waals surface area contributed by atoms with Gasteiger partial charge in [0.25, 0.3) is 0 Å². The second-order valence-electron chi connectivity index (χ2n) is 10.0. The van der Waals surface area contributed by atoms with E-state index in [4.69, 9.17) is 24.6 Å². The largest absolute Gasteiger partial charge is 0.496 e. The molecule has 2 aliphatic rings. The topological polar surface area (TPSA) is 105 Å². The van der Waals surface area contributed by atoms with E-state index in [-0.39, 0.29) is 0 Å². The zero-order valence-corrected chi connectivity index (χ0v) is 23.5. The van der Waals surface area contributed by atoms with Gasteiger partial charge in [0.05, 0.1) is 25.6 Å². The third-order valence-electron chi connectivity index (χ3n) is 7.51. The van der Waals surface area contributed by atoms with E-state index in [1.165, 1.54) is 12.8 Å². The predicted molar refractivity (Wildman–Crippen MR) is 158 cm³/mol. The number of aromatic nitrogens is 2. The Labute approximate surface area is 236 Å². The van der Waals surface area contributed by atoms with Gasteiger partial charge < -0.3 is 30.3 Å². The highest BCUT2D eigenvalue weighted by molar-refractivity contribution is 6.24. The summed E-state index contributed by atoms with van der Waals surface area (Å²) in [7, 11) is 5.20. The fourth-order valence-electron chi connectivity index (χ4n) is 5.34. The minimum Gasteiger partial charge on any atom is -0.496 e. The standard InChI is InChI=1S/C31H38N6O3/c1-33-26(18-21-8-4-5-9-27(21)38-2)29-24(32)12-10-22-20-34-31(36-30(22)29)35-25-13-11-23(19-28(25)39-3)40-17-16-37-14-6-7-15-37/h4-5,8-9,11,13,19-20,32-33H,6-7,10,12,14-18H2,1-3H3,(H,34,35,36)/b29-26+,32-24?. The van der Waals surface area contributed by atoms with E-state index in [2.05, 4.69) is 20.5 Å². The number of nitrogens with one attached hydrogen (secondary N) is 3. The van der Waals surface area contributed by atoms with Crippen molar-refractivity contribution in [1.29, 1.82) is 5.41 Å². The first-order chi connectivity index (χ1) is 19.6. The summed E-state index contributed by atoms with van der Waals surface area (Å²) in [5, 5.41) is 15.5. The summed E-state index contributed by atoms with van der Waals surface area (Å²) in [6.45, 7) is 3.89. The van der Waals surface area contributed by atoms with Gasteiger partial charge in [-0.05, 0) is 68.1 Å². The molecule has 1 aliphatic heterocycles. The minimum absolute atomic E-state index is 0.444. The molecule has 2 aromatic carbocycles. The number of nitrogens with zero attached hydrogens (tertiary/aromatic N) is 3. The van der Waals surface area contributed by atoms with Gasteiger partial charge in [-0.2, -0.15) is 0 Å². The number of benzene rings is 2. The fourth-order valence-corrected chi connectivity index (χ4v) is 5.34. The number of rotatable bonds is 11. The van der Waals surface area contributed by atoms with Crippen LogP contribution >= 0.6 is 0 Å². The molecule has 0 saturated carbocycles. The normalized spacial score (nSPS) is 16.3. The SMILES string of the molecule is CN/C(Cc1ccccc1OC)=C1\C(=N)CCc2cnc(Nc3ccc(OCCN4CCCC4)cc3OC)nc21. The quantitative estimate of drug-likeness (QED) is 0.316. The molecule has 5 rings (SSSR count). The van der Waals surface area contributed by atoms with E-state index in [9.17, 15) is 0 Å². The molecule has 0 amide bonds. The number of para-hydroxylation sites is 1. The lowest BCUT2D eigenvalue weighted by Gasteiger charge is -2.23. The molecule has 0 bridgehead atoms. The van der Waals surface area contributed by atoms with Gasteiger partial charge in [-0.1, -0.05) is 18.2 Å². The van der Waals surface area contributed by atoms with Crippen LogP contribution in [-0.2, 0) is 12.8 Å². The van der Waals surface area contributed by atoms with Crippen molar-refractivity contribution in [2.24, 2.45) is 0 Å². The third-order valence-corrected chi connectivity index (χ3v) is 7.51. The molecule has 2 heterocycles. The maximum Gasteiger partial charge on any atom is 0.227 e. The van der Waals surface area contributed by atoms with E-state index in [0.717, 1.165) is 71.3 Å². The Balaban J connectivity index is 1.38. The first-order valence-electron chi connectivity index (χ1n) is 13.9. The van der Waals surface area contributed by atoms with Gasteiger partial charge in [-0.3, -0.25) is 4.90 Å². The average Bonchev–Trinajstić information content (AvgIpc) is 3.50. The minimum atomic E-state index is 0.444. The van der Waals surface area contributed by atoms with Gasteiger partial charge in [-0.15, -0.1) is 0 Å². The van der Waals surface area contributed by atoms with Gasteiger partial charge in [0.2, 0.25) is 5.95 Å². The number of likely N-dealkylation sites (tertiary alicyclic amines) is 1. The van der Waals surface area contributed by atoms with Crippen LogP contribution in [0.2, 0.25) is 0 Å². The van der Waals surface area contributed by atoms with Crippen molar-refractivity contribution in [3.05, 3.63) is 71.2 Å². The van der Waals surface area contributed by atoms with Crippen LogP contribution in [0.5, 0.6) is 17.2 Å². The number of likely N-dealkylation sites (N-methyl/N-ethyl adjacent to an activating group) is 1. The fraction of sp³-hybridized carbons (Fsp3) is 0.387. The highest BCUT2D eigenvalue weighted by Gasteiger charge is 2.25. The van der Waals surface area contributed by atoms with Gasteiger partial charge >= 0.3 is 0 Å². The number of allylic oxidation sites excluding steroid dienone is 2. The maximum absolute atomic E-state index is 8.82. The summed E-state index contributed by atoms with van der Waals surface area (Å²) in [5.74, 6) is 2.68. The zero-order valence-electron chi connectivity index (χ0n) is 23.5. The molecular weight excluding hydrogens is 504 g/mol. The number of hydrogen-bond donors (Lipinski definition) is 3. The highest BCUT2D eigenvalue weighted by atomic mass is 16.5. The van der Waals surface area contributed by atoms with Crippen LogP contribution in [0.1, 0.15) is 36.1 Å². The first kappa shape index (κ1) is 27.5. The Kier molecular flexibility index (Phi) is 8.81. The van der Waals surface area contributed by atoms with Crippen LogP contribution in [0.15, 0.2) is 54.4 Å². The summed E-state index contributed by atoms with van der Waals surface area (Å²) in [6.07, 6.45) is 6.37. The number of hydrogen-bond acceptors (Lipinski definition) is 9. The number of ether oxygens (including phenoxy) is 3. The van der Waals surface area contributed by atoms with Crippen molar-refractivity contribution in [1.82, 2.24) is 20.2 Å². The highest BCUT2D eigenvalue weighted by Crippen LogP contribution is 2.34. The molecule has 9 heteroatoms. The molecule has 9 nitrogen and oxygen atoms in total. The molecule has 3 N–H and O–H groups in total. The van der Waals surface area contributed by atoms with Crippen LogP contribution in [-0.4, -0.2) is 68.1 Å². The van der Waals surface area contributed by atoms with Crippen molar-refractivity contribution < 1.29 is 14.2 Å². The molecule has 1 saturated heterocycles. The Morgan fingerprint density at radius 1 is 1.02 bits per heavy atom. The van der Waals surface area contributed by atoms with E-state index in [0.29, 0.717) is 36.9 Å². The smallest absolute Gasteiger partial charge is 0.227 e. The second-order valence-corrected chi connectivity index (χ2v) is 10.0. The van der Waals surface area contributed by atoms with Crippen LogP contribution in [0.25, 0.3) is 5.57 Å². The summed E-state index contributed by atoms with van der Waals surface area (Å²) in [4.78, 5) is 11.9. The van der Waals surface area contributed by atoms with Crippen molar-refractivity contribution >= 4 is 22.9 Å². The predicted octanol–water partition coefficient (Wildman–Crippen LogP) is 4.85. The summed E-state index contributed by atoms with van der Waals surface area (Å²) in [5.41, 5.74) is 5.88. The monoisotopic (exact) mass is 542 g/mol. The van der Waals surface area contributed by atoms with E-state index in [1.54, 1.807) is 14.2 Å². The van der Waals surface area contributed by atoms with Crippen molar-refractivity contribution in [2.45, 2.75) is 32.1 Å². The Bertz CT molecular complexity index is 1380. The molecule has 210 valence electrons. The molecule has 1 aliphatic carbocycles. The number of fused-ring (bicyclic) bond motifs is 1. The molecular formula is C31H38N6O3. The van der Waals surface area contributed by atoms with Crippen molar-refractivity contribution in [3.8, 4) is 17.2 Å². The van der Waals surface area contributed by atoms with Gasteiger partial charge in [0.1, 0.15) is 23.9 Å². The van der Waals surface area contributed by atoms with E-state index < -0.39 is 0 Å². The zero-order chi connectivity index (χ0) is 27.9. The Hall–Kier alpha value is -4.11. The van der Waals surface area contributed by atoms with E-state index >= 15 is 0 Å². The first-order valence-corrected chi connectivity index (χ1v) is 13.9. The van der Waals surface area contributed by atoms with Gasteiger partial charge in [0, 0.05) is 49.3 Å². The average molecular weight is 543 g/mol. The molecule has 0 unspecified atom stereocenters. The van der Waals surface area contributed by atoms with Crippen LogP contribution in [0, 0.1) is 5.41 Å². The number of anilines is 2. The summed E-state index contributed by atoms with van der Waals surface area (Å²) in [6, 6.07) is 13.7. The summed E-state index contributed by atoms with van der Waals surface area (Å²) < 4.78 is 17.2. The van der Waals surface area contributed by atoms with Crippen LogP contribution < -0.4 is 24.8 Å². The van der Waals surface area contributed by atoms with Crippen molar-refractivity contribution in [2.75, 3.05) is 52.8 Å². The maximum atomic E-state index is 8.82.